The topological polar surface area (TPSA) is 72.9 Å². The van der Waals surface area contributed by atoms with Crippen LogP contribution in [0.15, 0.2) is 6.20 Å². The van der Waals surface area contributed by atoms with Crippen LogP contribution in [0.5, 0.6) is 0 Å². The number of aryl methyl sites for hydroxylation is 1. The van der Waals surface area contributed by atoms with Gasteiger partial charge in [-0.25, -0.2) is 0 Å². The van der Waals surface area contributed by atoms with Crippen LogP contribution in [0.1, 0.15) is 40.3 Å². The fraction of sp³-hybridized carbons (Fsp3) is 0.667. The van der Waals surface area contributed by atoms with Gasteiger partial charge in [-0.3, -0.25) is 9.48 Å². The van der Waals surface area contributed by atoms with Gasteiger partial charge in [0.1, 0.15) is 5.54 Å². The summed E-state index contributed by atoms with van der Waals surface area (Å²) >= 11 is 0. The summed E-state index contributed by atoms with van der Waals surface area (Å²) in [6.45, 7) is 11.3. The zero-order chi connectivity index (χ0) is 13.4. The Morgan fingerprint density at radius 2 is 1.88 bits per heavy atom. The van der Waals surface area contributed by atoms with E-state index in [9.17, 15) is 4.79 Å². The number of hydrogen-bond donors (Lipinski definition) is 2. The number of hydrogen-bond acceptors (Lipinski definition) is 3. The van der Waals surface area contributed by atoms with Gasteiger partial charge in [0.15, 0.2) is 0 Å². The van der Waals surface area contributed by atoms with Crippen molar-refractivity contribution in [3.8, 4) is 0 Å². The summed E-state index contributed by atoms with van der Waals surface area (Å²) in [5, 5.41) is 7.21. The van der Waals surface area contributed by atoms with Crippen molar-refractivity contribution in [3.63, 3.8) is 0 Å². The number of carbonyl (C=O) groups is 1. The third-order valence-electron chi connectivity index (χ3n) is 2.55. The second-order valence-electron chi connectivity index (χ2n) is 5.88. The number of amides is 1. The average Bonchev–Trinajstić information content (AvgIpc) is 2.44. The van der Waals surface area contributed by atoms with E-state index in [4.69, 9.17) is 5.73 Å². The van der Waals surface area contributed by atoms with Gasteiger partial charge >= 0.3 is 0 Å². The Morgan fingerprint density at radius 1 is 1.35 bits per heavy atom. The first-order valence-corrected chi connectivity index (χ1v) is 5.69. The summed E-state index contributed by atoms with van der Waals surface area (Å²) in [5.41, 5.74) is 6.07. The number of aromatic nitrogens is 2. The summed E-state index contributed by atoms with van der Waals surface area (Å²) in [5.74, 6) is -0.0764. The third-order valence-corrected chi connectivity index (χ3v) is 2.55. The van der Waals surface area contributed by atoms with Crippen LogP contribution >= 0.6 is 0 Å². The van der Waals surface area contributed by atoms with Crippen LogP contribution in [0.25, 0.3) is 0 Å². The quantitative estimate of drug-likeness (QED) is 0.818. The Kier molecular flexibility index (Phi) is 3.23. The molecule has 1 amide bonds. The third kappa shape index (κ3) is 2.99. The van der Waals surface area contributed by atoms with Crippen molar-refractivity contribution in [1.82, 2.24) is 15.1 Å². The number of nitrogen functional groups attached to an aromatic ring is 1. The SMILES string of the molecule is Cc1nn(C(C)(C)C(=O)NC(C)(C)C)cc1N. The lowest BCUT2D eigenvalue weighted by Crippen LogP contribution is -2.51. The molecule has 0 spiro atoms. The maximum atomic E-state index is 12.2. The second kappa shape index (κ2) is 4.05. The first kappa shape index (κ1) is 13.5. The molecule has 0 fully saturated rings. The first-order chi connectivity index (χ1) is 7.54. The summed E-state index contributed by atoms with van der Waals surface area (Å²) < 4.78 is 1.61. The largest absolute Gasteiger partial charge is 0.396 e. The van der Waals surface area contributed by atoms with Gasteiger partial charge in [-0.1, -0.05) is 0 Å². The zero-order valence-electron chi connectivity index (χ0n) is 11.5. The number of nitrogens with zero attached hydrogens (tertiary/aromatic N) is 2. The van der Waals surface area contributed by atoms with Crippen LogP contribution in [0.4, 0.5) is 5.69 Å². The minimum Gasteiger partial charge on any atom is -0.396 e. The molecule has 1 aromatic heterocycles. The lowest BCUT2D eigenvalue weighted by molar-refractivity contribution is -0.130. The molecule has 5 nitrogen and oxygen atoms in total. The Morgan fingerprint density at radius 3 is 2.24 bits per heavy atom. The number of nitrogens with one attached hydrogen (secondary N) is 1. The Bertz CT molecular complexity index is 407. The molecule has 0 saturated heterocycles. The molecule has 1 rings (SSSR count). The van der Waals surface area contributed by atoms with Gasteiger partial charge in [-0.15, -0.1) is 0 Å². The highest BCUT2D eigenvalue weighted by Crippen LogP contribution is 2.19. The molecule has 1 heterocycles. The van der Waals surface area contributed by atoms with E-state index in [2.05, 4.69) is 10.4 Å². The van der Waals surface area contributed by atoms with Crippen molar-refractivity contribution in [2.24, 2.45) is 0 Å². The lowest BCUT2D eigenvalue weighted by Gasteiger charge is -2.29. The predicted octanol–water partition coefficient (Wildman–Crippen LogP) is 1.42. The molecule has 0 bridgehead atoms. The van der Waals surface area contributed by atoms with Gasteiger partial charge in [0, 0.05) is 11.7 Å². The van der Waals surface area contributed by atoms with E-state index >= 15 is 0 Å². The fourth-order valence-corrected chi connectivity index (χ4v) is 1.36. The highest BCUT2D eigenvalue weighted by Gasteiger charge is 2.33. The molecule has 0 aliphatic carbocycles. The molecule has 0 saturated carbocycles. The van der Waals surface area contributed by atoms with Crippen molar-refractivity contribution in [2.75, 3.05) is 5.73 Å². The molecule has 3 N–H and O–H groups in total. The van der Waals surface area contributed by atoms with Gasteiger partial charge in [-0.2, -0.15) is 5.10 Å². The molecule has 17 heavy (non-hydrogen) atoms. The predicted molar refractivity (Wildman–Crippen MR) is 68.6 cm³/mol. The van der Waals surface area contributed by atoms with Crippen LogP contribution in [0, 0.1) is 6.92 Å². The second-order valence-corrected chi connectivity index (χ2v) is 5.88. The maximum absolute atomic E-state index is 12.2. The van der Waals surface area contributed by atoms with E-state index in [1.165, 1.54) is 0 Å². The minimum absolute atomic E-state index is 0.0764. The van der Waals surface area contributed by atoms with Crippen molar-refractivity contribution >= 4 is 11.6 Å². The highest BCUT2D eigenvalue weighted by molar-refractivity contribution is 5.84. The molecule has 1 aromatic rings. The molecule has 0 radical (unpaired) electrons. The van der Waals surface area contributed by atoms with Gasteiger partial charge in [0.2, 0.25) is 5.91 Å². The van der Waals surface area contributed by atoms with E-state index < -0.39 is 5.54 Å². The van der Waals surface area contributed by atoms with Gasteiger partial charge < -0.3 is 11.1 Å². The van der Waals surface area contributed by atoms with Crippen LogP contribution in [0.2, 0.25) is 0 Å². The standard InChI is InChI=1S/C12H22N4O/c1-8-9(13)7-16(15-8)12(5,6)10(17)14-11(2,3)4/h7H,13H2,1-6H3,(H,14,17). The van der Waals surface area contributed by atoms with Gasteiger partial charge in [0.05, 0.1) is 11.4 Å². The number of carbonyl (C=O) groups excluding carboxylic acids is 1. The van der Waals surface area contributed by atoms with E-state index in [1.54, 1.807) is 10.9 Å². The summed E-state index contributed by atoms with van der Waals surface area (Å²) in [6.07, 6.45) is 1.69. The smallest absolute Gasteiger partial charge is 0.247 e. The van der Waals surface area contributed by atoms with Crippen molar-refractivity contribution < 1.29 is 4.79 Å². The van der Waals surface area contributed by atoms with Crippen LogP contribution in [-0.2, 0) is 10.3 Å². The number of anilines is 1. The molecule has 0 aliphatic rings. The summed E-state index contributed by atoms with van der Waals surface area (Å²) in [6, 6.07) is 0. The van der Waals surface area contributed by atoms with Gasteiger partial charge in [-0.05, 0) is 41.5 Å². The minimum atomic E-state index is -0.754. The monoisotopic (exact) mass is 238 g/mol. The molecule has 0 aromatic carbocycles. The highest BCUT2D eigenvalue weighted by atomic mass is 16.2. The molecule has 0 unspecified atom stereocenters. The average molecular weight is 238 g/mol. The summed E-state index contributed by atoms with van der Waals surface area (Å²) in [4.78, 5) is 12.2. The van der Waals surface area contributed by atoms with Crippen LogP contribution in [0.3, 0.4) is 0 Å². The van der Waals surface area contributed by atoms with Gasteiger partial charge in [0.25, 0.3) is 0 Å². The van der Waals surface area contributed by atoms with Crippen molar-refractivity contribution in [2.45, 2.75) is 52.6 Å². The molecular weight excluding hydrogens is 216 g/mol. The summed E-state index contributed by atoms with van der Waals surface area (Å²) in [7, 11) is 0. The van der Waals surface area contributed by atoms with E-state index in [-0.39, 0.29) is 11.4 Å². The van der Waals surface area contributed by atoms with E-state index in [0.29, 0.717) is 5.69 Å². The Balaban J connectivity index is 2.98. The number of nitrogens with two attached hydrogens (primary N) is 1. The molecule has 96 valence electrons. The van der Waals surface area contributed by atoms with E-state index in [1.807, 2.05) is 41.5 Å². The van der Waals surface area contributed by atoms with Crippen molar-refractivity contribution in [3.05, 3.63) is 11.9 Å². The van der Waals surface area contributed by atoms with Crippen LogP contribution in [-0.4, -0.2) is 21.2 Å². The number of rotatable bonds is 2. The molecular formula is C12H22N4O. The maximum Gasteiger partial charge on any atom is 0.247 e. The van der Waals surface area contributed by atoms with Crippen LogP contribution < -0.4 is 11.1 Å². The normalized spacial score (nSPS) is 12.6. The van der Waals surface area contributed by atoms with E-state index in [0.717, 1.165) is 5.69 Å². The molecule has 0 aliphatic heterocycles. The molecule has 5 heteroatoms. The Hall–Kier alpha value is -1.52. The first-order valence-electron chi connectivity index (χ1n) is 5.69. The Labute approximate surface area is 102 Å². The molecule has 0 atom stereocenters. The lowest BCUT2D eigenvalue weighted by atomic mass is 10.0. The van der Waals surface area contributed by atoms with Crippen molar-refractivity contribution in [1.29, 1.82) is 0 Å². The zero-order valence-corrected chi connectivity index (χ0v) is 11.5. The fourth-order valence-electron chi connectivity index (χ4n) is 1.36.